The molecule has 1 saturated carbocycles. The Morgan fingerprint density at radius 2 is 1.82 bits per heavy atom. The highest BCUT2D eigenvalue weighted by molar-refractivity contribution is 6.28. The maximum Gasteiger partial charge on any atom is 0.410 e. The molecule has 1 aromatic heterocycles. The van der Waals surface area contributed by atoms with Crippen molar-refractivity contribution < 1.29 is 37.0 Å². The third-order valence-corrected chi connectivity index (χ3v) is 8.93. The lowest BCUT2D eigenvalue weighted by Gasteiger charge is -2.58. The smallest absolute Gasteiger partial charge is 0.410 e. The summed E-state index contributed by atoms with van der Waals surface area (Å²) >= 11 is 6.11. The summed E-state index contributed by atoms with van der Waals surface area (Å²) < 4.78 is 58.8. The van der Waals surface area contributed by atoms with Gasteiger partial charge in [-0.05, 0) is 88.9 Å². The minimum Gasteiger partial charge on any atom is -0.490 e. The van der Waals surface area contributed by atoms with E-state index in [1.165, 1.54) is 6.07 Å². The van der Waals surface area contributed by atoms with Crippen LogP contribution in [0.5, 0.6) is 17.4 Å². The number of alkyl halides is 2. The Balaban J connectivity index is 1.11. The van der Waals surface area contributed by atoms with Crippen LogP contribution in [-0.4, -0.2) is 80.8 Å². The number of ether oxygens (including phenoxy) is 3. The molecule has 3 heterocycles. The summed E-state index contributed by atoms with van der Waals surface area (Å²) in [5, 5.41) is 7.73. The number of benzene rings is 2. The predicted octanol–water partition coefficient (Wildman–Crippen LogP) is 6.87. The third kappa shape index (κ3) is 7.48. The SMILES string of the molecule is CC(C)N(CC(F)F)C(=O)c1cc(F)ccc1Oc1nnc(Cl)nc1N1CC2(CC(Oc3cccc4c3CN(C(=O)OC(C)(C)C)C4)C2)C1. The highest BCUT2D eigenvalue weighted by atomic mass is 35.5. The predicted molar refractivity (Wildman–Crippen MR) is 174 cm³/mol. The molecular formula is C34H38ClF3N6O5. The van der Waals surface area contributed by atoms with Crippen molar-refractivity contribution in [1.29, 1.82) is 0 Å². The second-order valence-corrected chi connectivity index (χ2v) is 14.5. The molecule has 0 atom stereocenters. The molecule has 15 heteroatoms. The first-order valence-corrected chi connectivity index (χ1v) is 16.4. The maximum atomic E-state index is 14.3. The molecule has 3 aromatic rings. The number of carbonyl (C=O) groups excluding carboxylic acids is 2. The number of anilines is 1. The van der Waals surface area contributed by atoms with Crippen LogP contribution in [0.4, 0.5) is 23.8 Å². The van der Waals surface area contributed by atoms with Gasteiger partial charge in [0.2, 0.25) is 5.28 Å². The molecule has 0 N–H and O–H groups in total. The molecule has 2 fully saturated rings. The van der Waals surface area contributed by atoms with Crippen molar-refractivity contribution in [1.82, 2.24) is 25.0 Å². The number of carbonyl (C=O) groups is 2. The molecule has 1 aliphatic carbocycles. The van der Waals surface area contributed by atoms with E-state index in [1.54, 1.807) is 18.7 Å². The van der Waals surface area contributed by atoms with Gasteiger partial charge in [-0.15, -0.1) is 10.2 Å². The first kappa shape index (κ1) is 34.5. The van der Waals surface area contributed by atoms with E-state index in [2.05, 4.69) is 15.2 Å². The highest BCUT2D eigenvalue weighted by Gasteiger charge is 2.54. The molecule has 1 spiro atoms. The minimum absolute atomic E-state index is 0.0167. The van der Waals surface area contributed by atoms with Gasteiger partial charge in [0.1, 0.15) is 29.0 Å². The van der Waals surface area contributed by atoms with Gasteiger partial charge in [0.15, 0.2) is 5.82 Å². The standard InChI is InChI=1S/C34H38ClF3N6O5/c1-19(2)44(16-27(37)38)30(45)23-11-21(36)9-10-26(23)48-29-28(39-31(35)41-40-29)43-17-34(18-43)12-22(13-34)47-25-8-6-7-20-14-42(15-24(20)25)32(46)49-33(3,4)5/h6-11,19,22,27H,12-18H2,1-5H3. The van der Waals surface area contributed by atoms with Gasteiger partial charge < -0.3 is 24.0 Å². The highest BCUT2D eigenvalue weighted by Crippen LogP contribution is 2.52. The summed E-state index contributed by atoms with van der Waals surface area (Å²) in [6.07, 6.45) is -1.58. The Morgan fingerprint density at radius 1 is 1.08 bits per heavy atom. The van der Waals surface area contributed by atoms with Gasteiger partial charge >= 0.3 is 6.09 Å². The van der Waals surface area contributed by atoms with Crippen molar-refractivity contribution in [2.75, 3.05) is 24.5 Å². The molecule has 6 rings (SSSR count). The molecule has 2 amide bonds. The molecule has 262 valence electrons. The molecule has 0 radical (unpaired) electrons. The average Bonchev–Trinajstić information content (AvgIpc) is 3.42. The summed E-state index contributed by atoms with van der Waals surface area (Å²) in [6, 6.07) is 8.55. The van der Waals surface area contributed by atoms with Crippen molar-refractivity contribution in [3.8, 4) is 17.4 Å². The van der Waals surface area contributed by atoms with Gasteiger partial charge in [-0.25, -0.2) is 18.0 Å². The normalized spacial score (nSPS) is 16.8. The zero-order valence-corrected chi connectivity index (χ0v) is 28.6. The second kappa shape index (κ2) is 13.2. The number of amides is 2. The summed E-state index contributed by atoms with van der Waals surface area (Å²) in [6.45, 7) is 9.96. The average molecular weight is 703 g/mol. The molecule has 0 bridgehead atoms. The van der Waals surface area contributed by atoms with Crippen molar-refractivity contribution in [2.24, 2.45) is 5.41 Å². The fraction of sp³-hybridized carbons (Fsp3) is 0.500. The zero-order chi connectivity index (χ0) is 35.2. The summed E-state index contributed by atoms with van der Waals surface area (Å²) in [5.41, 5.74) is 1.16. The Kier molecular flexibility index (Phi) is 9.29. The third-order valence-electron chi connectivity index (χ3n) is 8.77. The monoisotopic (exact) mass is 702 g/mol. The number of hydrogen-bond donors (Lipinski definition) is 0. The number of rotatable bonds is 9. The zero-order valence-electron chi connectivity index (χ0n) is 27.9. The lowest BCUT2D eigenvalue weighted by Crippen LogP contribution is -2.65. The van der Waals surface area contributed by atoms with Crippen LogP contribution in [0.1, 0.15) is 68.9 Å². The maximum absolute atomic E-state index is 14.3. The van der Waals surface area contributed by atoms with Crippen LogP contribution in [0.2, 0.25) is 5.28 Å². The molecular weight excluding hydrogens is 665 g/mol. The van der Waals surface area contributed by atoms with Crippen LogP contribution in [0.15, 0.2) is 36.4 Å². The van der Waals surface area contributed by atoms with E-state index in [-0.39, 0.29) is 45.9 Å². The van der Waals surface area contributed by atoms with Crippen LogP contribution in [0.25, 0.3) is 0 Å². The fourth-order valence-corrected chi connectivity index (χ4v) is 6.67. The van der Waals surface area contributed by atoms with Crippen LogP contribution >= 0.6 is 11.6 Å². The van der Waals surface area contributed by atoms with E-state index in [0.29, 0.717) is 26.2 Å². The first-order valence-electron chi connectivity index (χ1n) is 16.1. The second-order valence-electron chi connectivity index (χ2n) is 14.1. The van der Waals surface area contributed by atoms with Gasteiger partial charge in [0.05, 0.1) is 18.7 Å². The summed E-state index contributed by atoms with van der Waals surface area (Å²) in [7, 11) is 0. The van der Waals surface area contributed by atoms with Crippen molar-refractivity contribution in [2.45, 2.75) is 84.7 Å². The number of nitrogens with zero attached hydrogens (tertiary/aromatic N) is 6. The van der Waals surface area contributed by atoms with Crippen LogP contribution in [0.3, 0.4) is 0 Å². The lowest BCUT2D eigenvalue weighted by molar-refractivity contribution is -0.0349. The molecule has 0 unspecified atom stereocenters. The first-order chi connectivity index (χ1) is 23.1. The van der Waals surface area contributed by atoms with Crippen LogP contribution in [0, 0.1) is 11.2 Å². The Labute approximate surface area is 287 Å². The lowest BCUT2D eigenvalue weighted by atomic mass is 9.61. The van der Waals surface area contributed by atoms with Gasteiger partial charge in [-0.3, -0.25) is 9.69 Å². The van der Waals surface area contributed by atoms with E-state index in [0.717, 1.165) is 46.8 Å². The number of halogens is 4. The Morgan fingerprint density at radius 3 is 2.49 bits per heavy atom. The molecule has 11 nitrogen and oxygen atoms in total. The molecule has 2 aromatic carbocycles. The van der Waals surface area contributed by atoms with Gasteiger partial charge in [0.25, 0.3) is 18.2 Å². The number of hydrogen-bond acceptors (Lipinski definition) is 9. The Bertz CT molecular complexity index is 1740. The van der Waals surface area contributed by atoms with E-state index in [9.17, 15) is 22.8 Å². The molecule has 2 aliphatic heterocycles. The molecule has 3 aliphatic rings. The van der Waals surface area contributed by atoms with Crippen molar-refractivity contribution in [3.05, 3.63) is 64.2 Å². The van der Waals surface area contributed by atoms with Crippen molar-refractivity contribution in [3.63, 3.8) is 0 Å². The Hall–Kier alpha value is -4.33. The number of aromatic nitrogens is 3. The van der Waals surface area contributed by atoms with Crippen LogP contribution < -0.4 is 14.4 Å². The van der Waals surface area contributed by atoms with Gasteiger partial charge in [0, 0.05) is 36.7 Å². The molecule has 49 heavy (non-hydrogen) atoms. The quantitative estimate of drug-likeness (QED) is 0.236. The van der Waals surface area contributed by atoms with E-state index in [1.807, 2.05) is 43.9 Å². The van der Waals surface area contributed by atoms with E-state index >= 15 is 0 Å². The summed E-state index contributed by atoms with van der Waals surface area (Å²) in [5.74, 6) is -0.647. The van der Waals surface area contributed by atoms with E-state index in [4.69, 9.17) is 25.8 Å². The topological polar surface area (TPSA) is 110 Å². The van der Waals surface area contributed by atoms with Crippen LogP contribution in [-0.2, 0) is 17.8 Å². The van der Waals surface area contributed by atoms with Gasteiger partial charge in [-0.2, -0.15) is 4.98 Å². The van der Waals surface area contributed by atoms with Gasteiger partial charge in [-0.1, -0.05) is 12.1 Å². The van der Waals surface area contributed by atoms with Crippen molar-refractivity contribution >= 4 is 29.4 Å². The number of fused-ring (bicyclic) bond motifs is 1. The minimum atomic E-state index is -2.78. The summed E-state index contributed by atoms with van der Waals surface area (Å²) in [4.78, 5) is 34.9. The fourth-order valence-electron chi connectivity index (χ4n) is 6.55. The largest absolute Gasteiger partial charge is 0.490 e. The van der Waals surface area contributed by atoms with E-state index < -0.39 is 36.3 Å². The molecule has 1 saturated heterocycles.